The minimum atomic E-state index is -4.80. The number of benzene rings is 2. The summed E-state index contributed by atoms with van der Waals surface area (Å²) in [5, 5.41) is 19.9. The number of fused-ring (bicyclic) bond motifs is 5. The highest BCUT2D eigenvalue weighted by atomic mass is 32.2. The molecule has 3 heterocycles. The molecule has 1 saturated heterocycles. The highest BCUT2D eigenvalue weighted by Crippen LogP contribution is 2.49. The lowest BCUT2D eigenvalue weighted by Gasteiger charge is -2.27. The molecule has 7 nitrogen and oxygen atoms in total. The van der Waals surface area contributed by atoms with Gasteiger partial charge in [-0.2, -0.15) is 18.4 Å². The van der Waals surface area contributed by atoms with Crippen LogP contribution in [0.25, 0.3) is 5.69 Å². The van der Waals surface area contributed by atoms with Gasteiger partial charge in [-0.25, -0.2) is 9.36 Å². The Morgan fingerprint density at radius 2 is 1.94 bits per heavy atom. The molecule has 34 heavy (non-hydrogen) atoms. The van der Waals surface area contributed by atoms with Crippen LogP contribution in [0.15, 0.2) is 58.2 Å². The molecule has 2 bridgehead atoms. The Labute approximate surface area is 195 Å². The number of rotatable bonds is 4. The molecule has 0 unspecified atom stereocenters. The first-order valence-corrected chi connectivity index (χ1v) is 11.3. The number of aromatic nitrogens is 2. The van der Waals surface area contributed by atoms with Crippen LogP contribution in [0.2, 0.25) is 0 Å². The highest BCUT2D eigenvalue weighted by Gasteiger charge is 2.49. The summed E-state index contributed by atoms with van der Waals surface area (Å²) in [6.45, 7) is 0.288. The SMILES string of the molecule is N#Cc1ccc(-n2c(O)c3n(c2=O)[C@H]2C[C@@H]3N(C(=O)CSc3ccccc3)C2)cc1C(F)(F)F. The fraction of sp³-hybridized carbons (Fsp3) is 0.261. The molecule has 1 fully saturated rings. The Morgan fingerprint density at radius 1 is 1.21 bits per heavy atom. The summed E-state index contributed by atoms with van der Waals surface area (Å²) in [6, 6.07) is 12.8. The molecule has 2 aromatic carbocycles. The first-order chi connectivity index (χ1) is 16.2. The lowest BCUT2D eigenvalue weighted by Crippen LogP contribution is -2.38. The van der Waals surface area contributed by atoms with Crippen LogP contribution in [0, 0.1) is 11.3 Å². The molecule has 11 heteroatoms. The van der Waals surface area contributed by atoms with E-state index >= 15 is 0 Å². The van der Waals surface area contributed by atoms with Gasteiger partial charge in [0.2, 0.25) is 11.8 Å². The van der Waals surface area contributed by atoms with E-state index in [4.69, 9.17) is 5.26 Å². The Kier molecular flexibility index (Phi) is 5.20. The maximum absolute atomic E-state index is 13.4. The van der Waals surface area contributed by atoms with Crippen molar-refractivity contribution in [2.45, 2.75) is 29.6 Å². The molecule has 2 atom stereocenters. The Hall–Kier alpha value is -3.65. The number of amides is 1. The normalized spacial score (nSPS) is 18.7. The maximum atomic E-state index is 13.4. The summed E-state index contributed by atoms with van der Waals surface area (Å²) in [7, 11) is 0. The number of nitriles is 1. The van der Waals surface area contributed by atoms with Gasteiger partial charge in [-0.1, -0.05) is 18.2 Å². The number of nitrogens with zero attached hydrogens (tertiary/aromatic N) is 4. The summed E-state index contributed by atoms with van der Waals surface area (Å²) in [4.78, 5) is 28.5. The number of carbonyl (C=O) groups is 1. The van der Waals surface area contributed by atoms with E-state index in [1.54, 1.807) is 4.90 Å². The van der Waals surface area contributed by atoms with E-state index in [2.05, 4.69) is 0 Å². The van der Waals surface area contributed by atoms with E-state index in [-0.39, 0.29) is 35.6 Å². The third-order valence-electron chi connectivity index (χ3n) is 6.17. The van der Waals surface area contributed by atoms with Crippen molar-refractivity contribution in [3.63, 3.8) is 0 Å². The molecule has 1 N–H and O–H groups in total. The number of carbonyl (C=O) groups excluding carboxylic acids is 1. The number of imidazole rings is 1. The molecule has 2 aliphatic rings. The predicted molar refractivity (Wildman–Crippen MR) is 117 cm³/mol. The zero-order valence-corrected chi connectivity index (χ0v) is 18.3. The topological polar surface area (TPSA) is 91.3 Å². The maximum Gasteiger partial charge on any atom is 0.417 e. The number of aromatic hydroxyl groups is 1. The Bertz CT molecular complexity index is 1390. The van der Waals surface area contributed by atoms with Crippen molar-refractivity contribution < 1.29 is 23.1 Å². The van der Waals surface area contributed by atoms with E-state index in [9.17, 15) is 27.9 Å². The monoisotopic (exact) mass is 486 g/mol. The van der Waals surface area contributed by atoms with Crippen molar-refractivity contribution in [1.82, 2.24) is 14.0 Å². The first kappa shape index (κ1) is 22.2. The summed E-state index contributed by atoms with van der Waals surface area (Å²) in [5.41, 5.74) is -2.43. The predicted octanol–water partition coefficient (Wildman–Crippen LogP) is 3.86. The lowest BCUT2D eigenvalue weighted by molar-refractivity contribution is -0.137. The van der Waals surface area contributed by atoms with Crippen LogP contribution in [-0.2, 0) is 11.0 Å². The molecule has 2 aliphatic heterocycles. The summed E-state index contributed by atoms with van der Waals surface area (Å²) >= 11 is 1.38. The third-order valence-corrected chi connectivity index (χ3v) is 7.17. The molecule has 174 valence electrons. The van der Waals surface area contributed by atoms with Gasteiger partial charge >= 0.3 is 11.9 Å². The standard InChI is InChI=1S/C23H17F3N4O3S/c24-23(25,26)17-8-14(7-6-13(17)10-27)30-21(32)20-18-9-15(29(20)22(30)33)11-28(18)19(31)12-34-16-4-2-1-3-5-16/h1-8,15,18,32H,9,11-12H2/t15-,18-/m0/s1. The van der Waals surface area contributed by atoms with Crippen LogP contribution in [0.3, 0.4) is 0 Å². The number of halogens is 3. The van der Waals surface area contributed by atoms with Gasteiger partial charge < -0.3 is 10.0 Å². The largest absolute Gasteiger partial charge is 0.493 e. The van der Waals surface area contributed by atoms with Gasteiger partial charge in [0.1, 0.15) is 5.69 Å². The first-order valence-electron chi connectivity index (χ1n) is 10.4. The molecule has 1 aromatic heterocycles. The van der Waals surface area contributed by atoms with E-state index in [1.165, 1.54) is 28.5 Å². The Morgan fingerprint density at radius 3 is 2.62 bits per heavy atom. The third kappa shape index (κ3) is 3.45. The van der Waals surface area contributed by atoms with Crippen LogP contribution in [0.5, 0.6) is 5.88 Å². The second-order valence-corrected chi connectivity index (χ2v) is 9.14. The van der Waals surface area contributed by atoms with E-state index in [1.807, 2.05) is 30.3 Å². The van der Waals surface area contributed by atoms with E-state index in [0.29, 0.717) is 12.5 Å². The van der Waals surface area contributed by atoms with Gasteiger partial charge in [-0.15, -0.1) is 11.8 Å². The zero-order valence-electron chi connectivity index (χ0n) is 17.5. The molecular formula is C23H17F3N4O3S. The van der Waals surface area contributed by atoms with Gasteiger partial charge in [0.15, 0.2) is 0 Å². The van der Waals surface area contributed by atoms with Crippen molar-refractivity contribution in [2.24, 2.45) is 0 Å². The average Bonchev–Trinajstić information content (AvgIpc) is 3.48. The average molecular weight is 486 g/mol. The van der Waals surface area contributed by atoms with E-state index < -0.39 is 34.9 Å². The van der Waals surface area contributed by atoms with Crippen molar-refractivity contribution >= 4 is 17.7 Å². The van der Waals surface area contributed by atoms with Crippen molar-refractivity contribution in [3.05, 3.63) is 75.8 Å². The molecule has 0 aliphatic carbocycles. The van der Waals surface area contributed by atoms with Gasteiger partial charge in [0.25, 0.3) is 0 Å². The highest BCUT2D eigenvalue weighted by molar-refractivity contribution is 8.00. The fourth-order valence-corrected chi connectivity index (χ4v) is 5.51. The van der Waals surface area contributed by atoms with Crippen molar-refractivity contribution in [1.29, 1.82) is 5.26 Å². The van der Waals surface area contributed by atoms with Crippen molar-refractivity contribution in [2.75, 3.05) is 12.3 Å². The number of hydrogen-bond acceptors (Lipinski definition) is 5. The van der Waals surface area contributed by atoms with Gasteiger partial charge in [0, 0.05) is 11.4 Å². The molecule has 3 aromatic rings. The number of thioether (sulfide) groups is 1. The lowest BCUT2D eigenvalue weighted by atomic mass is 10.1. The van der Waals surface area contributed by atoms with Crippen LogP contribution in [-0.4, -0.2) is 37.3 Å². The molecule has 0 radical (unpaired) electrons. The van der Waals surface area contributed by atoms with Gasteiger partial charge in [0.05, 0.1) is 40.7 Å². The number of likely N-dealkylation sites (tertiary alicyclic amines) is 1. The zero-order chi connectivity index (χ0) is 24.2. The summed E-state index contributed by atoms with van der Waals surface area (Å²) in [6.07, 6.45) is -4.34. The van der Waals surface area contributed by atoms with Crippen molar-refractivity contribution in [3.8, 4) is 17.6 Å². The summed E-state index contributed by atoms with van der Waals surface area (Å²) in [5.74, 6) is -0.461. The quantitative estimate of drug-likeness (QED) is 0.566. The fourth-order valence-electron chi connectivity index (χ4n) is 4.70. The van der Waals surface area contributed by atoms with Gasteiger partial charge in [-0.3, -0.25) is 9.36 Å². The van der Waals surface area contributed by atoms with Crippen LogP contribution in [0.1, 0.15) is 35.3 Å². The summed E-state index contributed by atoms with van der Waals surface area (Å²) < 4.78 is 42.4. The smallest absolute Gasteiger partial charge is 0.417 e. The minimum Gasteiger partial charge on any atom is -0.493 e. The number of hydrogen-bond donors (Lipinski definition) is 1. The minimum absolute atomic E-state index is 0.148. The Balaban J connectivity index is 1.47. The molecule has 1 amide bonds. The second-order valence-electron chi connectivity index (χ2n) is 8.09. The molecule has 0 spiro atoms. The number of alkyl halides is 3. The van der Waals surface area contributed by atoms with E-state index in [0.717, 1.165) is 15.5 Å². The van der Waals surface area contributed by atoms with Crippen LogP contribution >= 0.6 is 11.8 Å². The van der Waals surface area contributed by atoms with Gasteiger partial charge in [-0.05, 0) is 36.8 Å². The molecule has 5 rings (SSSR count). The van der Waals surface area contributed by atoms with Crippen LogP contribution < -0.4 is 5.69 Å². The molecule has 0 saturated carbocycles. The molecular weight excluding hydrogens is 469 g/mol. The van der Waals surface area contributed by atoms with Crippen LogP contribution in [0.4, 0.5) is 13.2 Å². The second kappa shape index (κ2) is 7.99.